The van der Waals surface area contributed by atoms with Crippen molar-refractivity contribution in [3.05, 3.63) is 69.2 Å². The van der Waals surface area contributed by atoms with Gasteiger partial charge >= 0.3 is 0 Å². The number of aliphatic hydroxyl groups is 1. The second-order valence-corrected chi connectivity index (χ2v) is 4.65. The molecule has 0 bridgehead atoms. The van der Waals surface area contributed by atoms with Crippen molar-refractivity contribution in [2.75, 3.05) is 0 Å². The molecule has 0 saturated heterocycles. The maximum absolute atomic E-state index is 13.1. The van der Waals surface area contributed by atoms with Crippen LogP contribution in [0.25, 0.3) is 0 Å². The highest BCUT2D eigenvalue weighted by Crippen LogP contribution is 2.28. The largest absolute Gasteiger partial charge is 0.384 e. The summed E-state index contributed by atoms with van der Waals surface area (Å²) in [5.41, 5.74) is 0.644. The number of halogens is 4. The molecule has 0 spiro atoms. The maximum atomic E-state index is 13.1. The highest BCUT2D eigenvalue weighted by atomic mass is 35.5. The van der Waals surface area contributed by atoms with Crippen LogP contribution in [0.15, 0.2) is 36.4 Å². The van der Waals surface area contributed by atoms with Gasteiger partial charge in [-0.05, 0) is 41.5 Å². The van der Waals surface area contributed by atoms with Crippen molar-refractivity contribution in [3.8, 4) is 0 Å². The van der Waals surface area contributed by atoms with Gasteiger partial charge in [-0.3, -0.25) is 0 Å². The predicted octanol–water partition coefficient (Wildman–Crippen LogP) is 4.35. The Morgan fingerprint density at radius 2 is 1.44 bits per heavy atom. The minimum absolute atomic E-state index is 0.229. The number of aliphatic hydroxyl groups excluding tert-OH is 1. The van der Waals surface area contributed by atoms with E-state index in [0.29, 0.717) is 15.6 Å². The van der Waals surface area contributed by atoms with Crippen molar-refractivity contribution in [1.29, 1.82) is 0 Å². The summed E-state index contributed by atoms with van der Waals surface area (Å²) >= 11 is 11.6. The van der Waals surface area contributed by atoms with E-state index in [4.69, 9.17) is 23.2 Å². The van der Waals surface area contributed by atoms with E-state index in [1.165, 1.54) is 24.3 Å². The first-order valence-corrected chi connectivity index (χ1v) is 5.82. The average molecular weight is 289 g/mol. The molecule has 2 aromatic carbocycles. The lowest BCUT2D eigenvalue weighted by Gasteiger charge is -2.12. The lowest BCUT2D eigenvalue weighted by molar-refractivity contribution is 0.219. The lowest BCUT2D eigenvalue weighted by atomic mass is 10.0. The molecule has 0 heterocycles. The second-order valence-electron chi connectivity index (χ2n) is 3.78. The van der Waals surface area contributed by atoms with Crippen molar-refractivity contribution in [1.82, 2.24) is 0 Å². The molecule has 94 valence electrons. The third-order valence-corrected chi connectivity index (χ3v) is 2.90. The van der Waals surface area contributed by atoms with Gasteiger partial charge in [0, 0.05) is 10.0 Å². The molecule has 0 amide bonds. The Balaban J connectivity index is 2.40. The fourth-order valence-electron chi connectivity index (χ4n) is 1.61. The zero-order valence-corrected chi connectivity index (χ0v) is 10.5. The van der Waals surface area contributed by atoms with Crippen LogP contribution >= 0.6 is 23.2 Å². The molecule has 0 aliphatic heterocycles. The Hall–Kier alpha value is -1.16. The maximum Gasteiger partial charge on any atom is 0.159 e. The van der Waals surface area contributed by atoms with Gasteiger partial charge in [0.05, 0.1) is 0 Å². The Kier molecular flexibility index (Phi) is 3.85. The van der Waals surface area contributed by atoms with Gasteiger partial charge in [0.1, 0.15) is 6.10 Å². The predicted molar refractivity (Wildman–Crippen MR) is 66.9 cm³/mol. The Morgan fingerprint density at radius 1 is 0.833 bits per heavy atom. The minimum Gasteiger partial charge on any atom is -0.384 e. The van der Waals surface area contributed by atoms with E-state index in [0.717, 1.165) is 12.1 Å². The lowest BCUT2D eigenvalue weighted by Crippen LogP contribution is -2.01. The quantitative estimate of drug-likeness (QED) is 0.871. The normalized spacial score (nSPS) is 12.5. The third kappa shape index (κ3) is 2.80. The van der Waals surface area contributed by atoms with E-state index in [1.807, 2.05) is 0 Å². The molecular weight excluding hydrogens is 281 g/mol. The van der Waals surface area contributed by atoms with Gasteiger partial charge in [-0.1, -0.05) is 29.3 Å². The Bertz CT molecular complexity index is 567. The van der Waals surface area contributed by atoms with Gasteiger partial charge in [0.15, 0.2) is 11.6 Å². The second kappa shape index (κ2) is 5.22. The van der Waals surface area contributed by atoms with E-state index < -0.39 is 17.7 Å². The summed E-state index contributed by atoms with van der Waals surface area (Å²) in [5.74, 6) is -1.98. The highest BCUT2D eigenvalue weighted by Gasteiger charge is 2.14. The molecule has 1 atom stereocenters. The van der Waals surface area contributed by atoms with Gasteiger partial charge < -0.3 is 5.11 Å². The van der Waals surface area contributed by atoms with Gasteiger partial charge in [-0.2, -0.15) is 0 Å². The topological polar surface area (TPSA) is 20.2 Å². The van der Waals surface area contributed by atoms with Crippen molar-refractivity contribution in [2.24, 2.45) is 0 Å². The van der Waals surface area contributed by atoms with Crippen molar-refractivity contribution >= 4 is 23.2 Å². The zero-order valence-electron chi connectivity index (χ0n) is 9.00. The average Bonchev–Trinajstić information content (AvgIpc) is 2.30. The molecule has 2 rings (SSSR count). The number of hydrogen-bond donors (Lipinski definition) is 1. The highest BCUT2D eigenvalue weighted by molar-refractivity contribution is 6.34. The fourth-order valence-corrected chi connectivity index (χ4v) is 2.15. The summed E-state index contributed by atoms with van der Waals surface area (Å²) in [4.78, 5) is 0. The summed E-state index contributed by atoms with van der Waals surface area (Å²) in [6.45, 7) is 0. The van der Waals surface area contributed by atoms with Crippen LogP contribution in [0, 0.1) is 11.6 Å². The number of rotatable bonds is 2. The van der Waals surface area contributed by atoms with Crippen LogP contribution in [0.3, 0.4) is 0 Å². The van der Waals surface area contributed by atoms with Crippen LogP contribution in [0.2, 0.25) is 10.0 Å². The van der Waals surface area contributed by atoms with Crippen LogP contribution in [-0.4, -0.2) is 5.11 Å². The van der Waals surface area contributed by atoms with Gasteiger partial charge in [-0.15, -0.1) is 0 Å². The van der Waals surface area contributed by atoms with Crippen LogP contribution in [0.1, 0.15) is 17.2 Å². The first-order valence-electron chi connectivity index (χ1n) is 5.06. The molecule has 0 aromatic heterocycles. The van der Waals surface area contributed by atoms with Crippen molar-refractivity contribution < 1.29 is 13.9 Å². The number of hydrogen-bond acceptors (Lipinski definition) is 1. The van der Waals surface area contributed by atoms with E-state index in [2.05, 4.69) is 0 Å². The summed E-state index contributed by atoms with van der Waals surface area (Å²) in [7, 11) is 0. The molecule has 2 aromatic rings. The van der Waals surface area contributed by atoms with Gasteiger partial charge in [0.25, 0.3) is 0 Å². The molecule has 0 aliphatic carbocycles. The smallest absolute Gasteiger partial charge is 0.159 e. The summed E-state index contributed by atoms with van der Waals surface area (Å²) in [5, 5.41) is 10.8. The van der Waals surface area contributed by atoms with Gasteiger partial charge in [-0.25, -0.2) is 8.78 Å². The zero-order chi connectivity index (χ0) is 13.3. The molecule has 0 aliphatic rings. The summed E-state index contributed by atoms with van der Waals surface area (Å²) in [6.07, 6.45) is -1.11. The third-order valence-electron chi connectivity index (χ3n) is 2.46. The van der Waals surface area contributed by atoms with Gasteiger partial charge in [0.2, 0.25) is 0 Å². The molecule has 0 fully saturated rings. The molecular formula is C13H8Cl2F2O. The first-order chi connectivity index (χ1) is 8.47. The van der Waals surface area contributed by atoms with Crippen LogP contribution in [-0.2, 0) is 0 Å². The van der Waals surface area contributed by atoms with E-state index in [1.54, 1.807) is 0 Å². The minimum atomic E-state index is -1.11. The van der Waals surface area contributed by atoms with E-state index in [-0.39, 0.29) is 5.56 Å². The SMILES string of the molecule is OC(c1cc(Cl)cc(Cl)c1)c1ccc(F)c(F)c1. The van der Waals surface area contributed by atoms with Crippen LogP contribution < -0.4 is 0 Å². The molecule has 1 unspecified atom stereocenters. The van der Waals surface area contributed by atoms with E-state index >= 15 is 0 Å². The van der Waals surface area contributed by atoms with Crippen LogP contribution in [0.5, 0.6) is 0 Å². The van der Waals surface area contributed by atoms with Crippen molar-refractivity contribution in [3.63, 3.8) is 0 Å². The number of benzene rings is 2. The Morgan fingerprint density at radius 3 is 2.00 bits per heavy atom. The molecule has 1 nitrogen and oxygen atoms in total. The summed E-state index contributed by atoms with van der Waals surface area (Å²) < 4.78 is 25.9. The van der Waals surface area contributed by atoms with E-state index in [9.17, 15) is 13.9 Å². The molecule has 18 heavy (non-hydrogen) atoms. The monoisotopic (exact) mass is 288 g/mol. The van der Waals surface area contributed by atoms with Crippen LogP contribution in [0.4, 0.5) is 8.78 Å². The molecule has 0 radical (unpaired) electrons. The molecule has 0 saturated carbocycles. The summed E-state index contributed by atoms with van der Waals surface area (Å²) in [6, 6.07) is 7.75. The first kappa shape index (κ1) is 13.3. The molecule has 5 heteroatoms. The standard InChI is InChI=1S/C13H8Cl2F2O/c14-9-3-8(4-10(15)6-9)13(18)7-1-2-11(16)12(17)5-7/h1-6,13,18H. The molecule has 1 N–H and O–H groups in total. The van der Waals surface area contributed by atoms with Crippen molar-refractivity contribution in [2.45, 2.75) is 6.10 Å². The Labute approximate surface area is 113 Å². The fraction of sp³-hybridized carbons (Fsp3) is 0.0769.